The molecule has 1 fully saturated rings. The van der Waals surface area contributed by atoms with Crippen LogP contribution in [-0.2, 0) is 4.79 Å². The van der Waals surface area contributed by atoms with Crippen molar-refractivity contribution in [2.24, 2.45) is 0 Å². The van der Waals surface area contributed by atoms with Crippen molar-refractivity contribution in [3.8, 4) is 0 Å². The first kappa shape index (κ1) is 27.4. The molecule has 0 saturated carbocycles. The number of likely N-dealkylation sites (tertiary alicyclic amines) is 1. The summed E-state index contributed by atoms with van der Waals surface area (Å²) in [6.07, 6.45) is 3.49. The zero-order chi connectivity index (χ0) is 28.6. The summed E-state index contributed by atoms with van der Waals surface area (Å²) < 4.78 is 0. The number of benzene rings is 2. The average molecular weight is 540 g/mol. The van der Waals surface area contributed by atoms with Gasteiger partial charge in [0.25, 0.3) is 17.7 Å². The molecule has 8 heteroatoms. The molecule has 0 aliphatic carbocycles. The van der Waals surface area contributed by atoms with Gasteiger partial charge in [-0.2, -0.15) is 0 Å². The van der Waals surface area contributed by atoms with E-state index in [4.69, 9.17) is 0 Å². The third-order valence-electron chi connectivity index (χ3n) is 8.14. The Kier molecular flexibility index (Phi) is 7.63. The van der Waals surface area contributed by atoms with E-state index in [0.717, 1.165) is 36.2 Å². The fourth-order valence-electron chi connectivity index (χ4n) is 5.71. The molecular formula is C32H37N5O3. The van der Waals surface area contributed by atoms with Crippen LogP contribution >= 0.6 is 0 Å². The number of carbonyl (C=O) groups excluding carboxylic acids is 3. The second-order valence-electron chi connectivity index (χ2n) is 10.9. The van der Waals surface area contributed by atoms with E-state index in [-0.39, 0.29) is 23.8 Å². The number of amides is 3. The van der Waals surface area contributed by atoms with Gasteiger partial charge in [-0.3, -0.25) is 14.4 Å². The number of nitrogens with one attached hydrogen (secondary N) is 3. The molecule has 2 aliphatic rings. The van der Waals surface area contributed by atoms with Crippen molar-refractivity contribution in [1.29, 1.82) is 0 Å². The lowest BCUT2D eigenvalue weighted by molar-refractivity contribution is -0.110. The van der Waals surface area contributed by atoms with Crippen molar-refractivity contribution in [3.63, 3.8) is 0 Å². The quantitative estimate of drug-likeness (QED) is 0.377. The van der Waals surface area contributed by atoms with Gasteiger partial charge in [-0.25, -0.2) is 0 Å². The standard InChI is InChI=1S/C32H37N5O3/c1-6-26(21-10-8-7-9-11-21)34-30(38)22-12-13-27-24(16-22)25(31(39)35-27)17-28-19(2)29(20(3)33-28)32(40)37-15-14-23(18-37)36(4)5/h7-13,16-17,23,26,33H,6,14-15,18H2,1-5H3,(H,34,38)(H,35,39)/b25-17-/t23-,26+/m0/s1. The van der Waals surface area contributed by atoms with E-state index in [1.807, 2.05) is 70.1 Å². The molecule has 0 radical (unpaired) electrons. The zero-order valence-electron chi connectivity index (χ0n) is 23.8. The number of likely N-dealkylation sites (N-methyl/N-ethyl adjacent to an activating group) is 1. The second kappa shape index (κ2) is 11.1. The summed E-state index contributed by atoms with van der Waals surface area (Å²) in [6.45, 7) is 7.27. The topological polar surface area (TPSA) is 97.5 Å². The van der Waals surface area contributed by atoms with Gasteiger partial charge >= 0.3 is 0 Å². The minimum absolute atomic E-state index is 0.0133. The molecule has 2 aromatic carbocycles. The molecule has 1 aromatic heterocycles. The Morgan fingerprint density at radius 2 is 1.90 bits per heavy atom. The van der Waals surface area contributed by atoms with Crippen molar-refractivity contribution >= 4 is 35.1 Å². The lowest BCUT2D eigenvalue weighted by atomic mass is 10.0. The molecule has 0 spiro atoms. The highest BCUT2D eigenvalue weighted by atomic mass is 16.2. The zero-order valence-corrected chi connectivity index (χ0v) is 23.8. The van der Waals surface area contributed by atoms with Crippen LogP contribution in [0, 0.1) is 13.8 Å². The minimum atomic E-state index is -0.240. The number of hydrogen-bond donors (Lipinski definition) is 3. The molecule has 2 aliphatic heterocycles. The van der Waals surface area contributed by atoms with Gasteiger partial charge in [-0.1, -0.05) is 37.3 Å². The SMILES string of the molecule is CC[C@@H](NC(=O)c1ccc2c(c1)/C(=C/c1[nH]c(C)c(C(=O)N3CC[C@H](N(C)C)C3)c1C)C(=O)N2)c1ccccc1. The van der Waals surface area contributed by atoms with Gasteiger partial charge in [0.2, 0.25) is 0 Å². The van der Waals surface area contributed by atoms with Crippen molar-refractivity contribution in [2.75, 3.05) is 32.5 Å². The van der Waals surface area contributed by atoms with E-state index in [9.17, 15) is 14.4 Å². The number of aromatic amines is 1. The molecule has 208 valence electrons. The number of H-pyrrole nitrogens is 1. The van der Waals surface area contributed by atoms with Gasteiger partial charge in [0.1, 0.15) is 0 Å². The first-order valence-corrected chi connectivity index (χ1v) is 13.9. The Morgan fingerprint density at radius 1 is 1.15 bits per heavy atom. The summed E-state index contributed by atoms with van der Waals surface area (Å²) in [4.78, 5) is 47.1. The largest absolute Gasteiger partial charge is 0.358 e. The Morgan fingerprint density at radius 3 is 2.58 bits per heavy atom. The van der Waals surface area contributed by atoms with Crippen LogP contribution in [0.3, 0.4) is 0 Å². The predicted octanol–water partition coefficient (Wildman–Crippen LogP) is 4.78. The summed E-state index contributed by atoms with van der Waals surface area (Å²) in [5.74, 6) is -0.422. The Bertz CT molecular complexity index is 1490. The fraction of sp³-hybridized carbons (Fsp3) is 0.344. The number of anilines is 1. The second-order valence-corrected chi connectivity index (χ2v) is 10.9. The van der Waals surface area contributed by atoms with Gasteiger partial charge in [0, 0.05) is 47.3 Å². The maximum Gasteiger partial charge on any atom is 0.256 e. The predicted molar refractivity (Wildman–Crippen MR) is 158 cm³/mol. The monoisotopic (exact) mass is 539 g/mol. The van der Waals surface area contributed by atoms with Crippen LogP contribution in [0.1, 0.15) is 74.6 Å². The first-order chi connectivity index (χ1) is 19.2. The number of fused-ring (bicyclic) bond motifs is 1. The average Bonchev–Trinajstić information content (AvgIpc) is 3.63. The highest BCUT2D eigenvalue weighted by Crippen LogP contribution is 2.35. The summed E-state index contributed by atoms with van der Waals surface area (Å²) in [7, 11) is 4.08. The molecule has 0 unspecified atom stereocenters. The van der Waals surface area contributed by atoms with Crippen molar-refractivity contribution in [2.45, 2.75) is 45.7 Å². The van der Waals surface area contributed by atoms with E-state index >= 15 is 0 Å². The molecule has 3 aromatic rings. The van der Waals surface area contributed by atoms with E-state index in [1.165, 1.54) is 0 Å². The van der Waals surface area contributed by atoms with Gasteiger partial charge in [-0.05, 0) is 76.2 Å². The molecule has 3 amide bonds. The molecule has 3 heterocycles. The summed E-state index contributed by atoms with van der Waals surface area (Å²) in [6, 6.07) is 15.4. The molecule has 2 atom stereocenters. The fourth-order valence-corrected chi connectivity index (χ4v) is 5.71. The smallest absolute Gasteiger partial charge is 0.256 e. The Labute approximate surface area is 235 Å². The third-order valence-corrected chi connectivity index (χ3v) is 8.14. The van der Waals surface area contributed by atoms with Crippen molar-refractivity contribution < 1.29 is 14.4 Å². The van der Waals surface area contributed by atoms with Crippen LogP contribution in [0.2, 0.25) is 0 Å². The van der Waals surface area contributed by atoms with Crippen LogP contribution in [0.4, 0.5) is 5.69 Å². The lowest BCUT2D eigenvalue weighted by Crippen LogP contribution is -2.34. The summed E-state index contributed by atoms with van der Waals surface area (Å²) in [5.41, 5.74) is 6.27. The maximum absolute atomic E-state index is 13.4. The normalized spacial score (nSPS) is 18.2. The summed E-state index contributed by atoms with van der Waals surface area (Å²) in [5, 5.41) is 6.02. The summed E-state index contributed by atoms with van der Waals surface area (Å²) >= 11 is 0. The third kappa shape index (κ3) is 5.19. The van der Waals surface area contributed by atoms with Gasteiger partial charge in [0.15, 0.2) is 0 Å². The molecule has 1 saturated heterocycles. The highest BCUT2D eigenvalue weighted by molar-refractivity contribution is 6.35. The molecule has 40 heavy (non-hydrogen) atoms. The van der Waals surface area contributed by atoms with Gasteiger partial charge in [-0.15, -0.1) is 0 Å². The number of hydrogen-bond acceptors (Lipinski definition) is 4. The molecule has 3 N–H and O–H groups in total. The van der Waals surface area contributed by atoms with Gasteiger partial charge < -0.3 is 25.4 Å². The van der Waals surface area contributed by atoms with Crippen LogP contribution < -0.4 is 10.6 Å². The van der Waals surface area contributed by atoms with Crippen LogP contribution in [0.5, 0.6) is 0 Å². The van der Waals surface area contributed by atoms with Gasteiger partial charge in [0.05, 0.1) is 17.2 Å². The van der Waals surface area contributed by atoms with Crippen LogP contribution in [0.25, 0.3) is 11.6 Å². The molecule has 8 nitrogen and oxygen atoms in total. The highest BCUT2D eigenvalue weighted by Gasteiger charge is 2.31. The van der Waals surface area contributed by atoms with E-state index in [0.29, 0.717) is 46.2 Å². The van der Waals surface area contributed by atoms with Crippen molar-refractivity contribution in [3.05, 3.63) is 87.7 Å². The number of carbonyl (C=O) groups is 3. The first-order valence-electron chi connectivity index (χ1n) is 13.9. The molecule has 5 rings (SSSR count). The number of nitrogens with zero attached hydrogens (tertiary/aromatic N) is 2. The lowest BCUT2D eigenvalue weighted by Gasteiger charge is -2.20. The van der Waals surface area contributed by atoms with Crippen LogP contribution in [0.15, 0.2) is 48.5 Å². The number of aromatic nitrogens is 1. The van der Waals surface area contributed by atoms with E-state index < -0.39 is 0 Å². The number of rotatable bonds is 7. The maximum atomic E-state index is 13.4. The molecule has 0 bridgehead atoms. The van der Waals surface area contributed by atoms with E-state index in [2.05, 4.69) is 20.5 Å². The van der Waals surface area contributed by atoms with Crippen molar-refractivity contribution in [1.82, 2.24) is 20.1 Å². The van der Waals surface area contributed by atoms with E-state index in [1.54, 1.807) is 24.3 Å². The Hall–Kier alpha value is -4.17. The van der Waals surface area contributed by atoms with Crippen LogP contribution in [-0.4, -0.2) is 65.7 Å². The minimum Gasteiger partial charge on any atom is -0.358 e. The molecular weight excluding hydrogens is 502 g/mol. The Balaban J connectivity index is 1.41. The number of aryl methyl sites for hydroxylation is 1.